The van der Waals surface area contributed by atoms with E-state index in [0.717, 1.165) is 27.0 Å². The van der Waals surface area contributed by atoms with Crippen molar-refractivity contribution in [1.29, 1.82) is 0 Å². The van der Waals surface area contributed by atoms with E-state index in [1.165, 1.54) is 0 Å². The lowest BCUT2D eigenvalue weighted by molar-refractivity contribution is -0.124. The molecule has 3 heterocycles. The number of hydrogen-bond donors (Lipinski definition) is 0. The number of fused-ring (bicyclic) bond motifs is 4. The van der Waals surface area contributed by atoms with Gasteiger partial charge >= 0.3 is 0 Å². The lowest BCUT2D eigenvalue weighted by Gasteiger charge is -2.40. The monoisotopic (exact) mass is 404 g/mol. The Morgan fingerprint density at radius 1 is 1.04 bits per heavy atom. The Kier molecular flexibility index (Phi) is 3.28. The Hall–Kier alpha value is -2.59. The maximum Gasteiger partial charge on any atom is 0.258 e. The van der Waals surface area contributed by atoms with E-state index in [4.69, 9.17) is 0 Å². The third-order valence-electron chi connectivity index (χ3n) is 5.58. The van der Waals surface area contributed by atoms with Crippen molar-refractivity contribution in [3.8, 4) is 0 Å². The lowest BCUT2D eigenvalue weighted by atomic mass is 9.73. The first kappa shape index (κ1) is 15.6. The number of halogens is 1. The zero-order chi connectivity index (χ0) is 17.9. The van der Waals surface area contributed by atoms with Crippen LogP contribution in [0.25, 0.3) is 6.08 Å². The molecule has 0 aliphatic carbocycles. The number of rotatable bonds is 1. The molecule has 1 spiro atoms. The summed E-state index contributed by atoms with van der Waals surface area (Å²) in [6.45, 7) is 0. The van der Waals surface area contributed by atoms with E-state index in [-0.39, 0.29) is 11.8 Å². The average Bonchev–Trinajstić information content (AvgIpc) is 3.22. The van der Waals surface area contributed by atoms with Gasteiger partial charge in [0.25, 0.3) is 5.91 Å². The molecule has 0 saturated carbocycles. The summed E-state index contributed by atoms with van der Waals surface area (Å²) in [5.74, 6) is 0.0176. The van der Waals surface area contributed by atoms with Crippen molar-refractivity contribution in [3.63, 3.8) is 0 Å². The summed E-state index contributed by atoms with van der Waals surface area (Å²) in [7, 11) is 1.87. The first-order valence-electron chi connectivity index (χ1n) is 8.63. The molecule has 0 bridgehead atoms. The quantitative estimate of drug-likeness (QED) is 0.572. The van der Waals surface area contributed by atoms with Crippen molar-refractivity contribution in [1.82, 2.24) is 4.57 Å². The van der Waals surface area contributed by atoms with Crippen LogP contribution in [-0.2, 0) is 10.3 Å². The predicted molar refractivity (Wildman–Crippen MR) is 107 cm³/mol. The normalized spacial score (nSPS) is 23.4. The van der Waals surface area contributed by atoms with E-state index in [9.17, 15) is 4.79 Å². The van der Waals surface area contributed by atoms with Crippen LogP contribution in [0.5, 0.6) is 0 Å². The summed E-state index contributed by atoms with van der Waals surface area (Å²) in [5.41, 5.74) is 3.41. The molecule has 0 saturated heterocycles. The second-order valence-electron chi connectivity index (χ2n) is 6.84. The van der Waals surface area contributed by atoms with Crippen LogP contribution in [0.4, 0.5) is 5.69 Å². The molecule has 0 fully saturated rings. The highest BCUT2D eigenvalue weighted by atomic mass is 79.9. The molecule has 4 heteroatoms. The first-order chi connectivity index (χ1) is 12.6. The largest absolute Gasteiger partial charge is 0.328 e. The van der Waals surface area contributed by atoms with Crippen LogP contribution >= 0.6 is 15.9 Å². The van der Waals surface area contributed by atoms with E-state index in [1.807, 2.05) is 49.6 Å². The molecule has 0 N–H and O–H groups in total. The zero-order valence-electron chi connectivity index (χ0n) is 14.3. The minimum absolute atomic E-state index is 0.0847. The summed E-state index contributed by atoms with van der Waals surface area (Å²) in [6, 6.07) is 20.5. The highest BCUT2D eigenvalue weighted by molar-refractivity contribution is 9.10. The third kappa shape index (κ3) is 1.85. The minimum atomic E-state index is -0.792. The second-order valence-corrected chi connectivity index (χ2v) is 7.76. The van der Waals surface area contributed by atoms with Gasteiger partial charge in [-0.05, 0) is 42.0 Å². The van der Waals surface area contributed by atoms with Crippen LogP contribution in [-0.4, -0.2) is 17.5 Å². The highest BCUT2D eigenvalue weighted by Gasteiger charge is 2.57. The number of hydrogen-bond acceptors (Lipinski definition) is 1. The number of nitrogens with zero attached hydrogens (tertiary/aromatic N) is 2. The molecular formula is C22H17BrN2O. The van der Waals surface area contributed by atoms with Gasteiger partial charge in [0.1, 0.15) is 0 Å². The molecule has 2 atom stereocenters. The predicted octanol–water partition coefficient (Wildman–Crippen LogP) is 4.78. The van der Waals surface area contributed by atoms with Crippen molar-refractivity contribution in [3.05, 3.63) is 94.2 Å². The van der Waals surface area contributed by atoms with Gasteiger partial charge in [0, 0.05) is 40.6 Å². The van der Waals surface area contributed by atoms with Gasteiger partial charge in [0.2, 0.25) is 0 Å². The van der Waals surface area contributed by atoms with E-state index >= 15 is 0 Å². The van der Waals surface area contributed by atoms with Gasteiger partial charge in [-0.1, -0.05) is 52.3 Å². The number of likely N-dealkylation sites (N-methyl/N-ethyl adjacent to an activating group) is 1. The standard InChI is InChI=1S/C22H17BrN2O/c1-24-20-10-3-2-9-19(20)22(21(24)26)18(15-6-4-7-16(23)14-15)12-11-17-8-5-13-25(17)22/h2-14,18H,1H3/t18-,22+/m0/s1. The topological polar surface area (TPSA) is 25.2 Å². The Morgan fingerprint density at radius 3 is 2.73 bits per heavy atom. The molecule has 128 valence electrons. The molecule has 2 aliphatic heterocycles. The fourth-order valence-corrected chi connectivity index (χ4v) is 4.91. The van der Waals surface area contributed by atoms with E-state index in [1.54, 1.807) is 4.90 Å². The molecule has 1 amide bonds. The van der Waals surface area contributed by atoms with Crippen molar-refractivity contribution >= 4 is 33.6 Å². The summed E-state index contributed by atoms with van der Waals surface area (Å²) in [6.07, 6.45) is 6.31. The summed E-state index contributed by atoms with van der Waals surface area (Å²) in [4.78, 5) is 15.5. The maximum atomic E-state index is 13.7. The van der Waals surface area contributed by atoms with Crippen LogP contribution in [0.2, 0.25) is 0 Å². The molecule has 26 heavy (non-hydrogen) atoms. The van der Waals surface area contributed by atoms with E-state index < -0.39 is 5.54 Å². The average molecular weight is 405 g/mol. The summed E-state index contributed by atoms with van der Waals surface area (Å²) < 4.78 is 3.16. The molecule has 5 rings (SSSR count). The smallest absolute Gasteiger partial charge is 0.258 e. The van der Waals surface area contributed by atoms with Crippen LogP contribution in [0.3, 0.4) is 0 Å². The number of benzene rings is 2. The number of allylic oxidation sites excluding steroid dienone is 1. The summed E-state index contributed by atoms with van der Waals surface area (Å²) in [5, 5.41) is 0. The molecule has 3 nitrogen and oxygen atoms in total. The highest BCUT2D eigenvalue weighted by Crippen LogP contribution is 2.53. The lowest BCUT2D eigenvalue weighted by Crippen LogP contribution is -2.50. The van der Waals surface area contributed by atoms with E-state index in [2.05, 4.69) is 56.9 Å². The van der Waals surface area contributed by atoms with Crippen molar-refractivity contribution in [2.24, 2.45) is 0 Å². The Morgan fingerprint density at radius 2 is 1.88 bits per heavy atom. The summed E-state index contributed by atoms with van der Waals surface area (Å²) >= 11 is 3.58. The fraction of sp³-hybridized carbons (Fsp3) is 0.136. The maximum absolute atomic E-state index is 13.7. The minimum Gasteiger partial charge on any atom is -0.328 e. The van der Waals surface area contributed by atoms with Crippen LogP contribution in [0.1, 0.15) is 22.7 Å². The molecule has 2 aromatic carbocycles. The van der Waals surface area contributed by atoms with Gasteiger partial charge in [0.05, 0.1) is 0 Å². The number of amides is 1. The van der Waals surface area contributed by atoms with Gasteiger partial charge in [-0.25, -0.2) is 0 Å². The number of anilines is 1. The molecular weight excluding hydrogens is 388 g/mol. The Balaban J connectivity index is 1.87. The van der Waals surface area contributed by atoms with Gasteiger partial charge < -0.3 is 9.47 Å². The molecule has 2 aliphatic rings. The first-order valence-corrected chi connectivity index (χ1v) is 9.42. The van der Waals surface area contributed by atoms with Crippen molar-refractivity contribution in [2.75, 3.05) is 11.9 Å². The molecule has 1 aromatic heterocycles. The SMILES string of the molecule is CN1C(=O)[C@]2(c3ccccc31)[C@H](c1cccc(Br)c1)C=Cc1cccn12. The third-order valence-corrected chi connectivity index (χ3v) is 6.08. The fourth-order valence-electron chi connectivity index (χ4n) is 4.49. The molecule has 3 aromatic rings. The van der Waals surface area contributed by atoms with Gasteiger partial charge in [-0.15, -0.1) is 0 Å². The van der Waals surface area contributed by atoms with Crippen LogP contribution in [0, 0.1) is 0 Å². The number of aromatic nitrogens is 1. The van der Waals surface area contributed by atoms with Gasteiger partial charge in [0.15, 0.2) is 5.54 Å². The Labute approximate surface area is 160 Å². The van der Waals surface area contributed by atoms with Crippen molar-refractivity contribution in [2.45, 2.75) is 11.5 Å². The van der Waals surface area contributed by atoms with Gasteiger partial charge in [-0.3, -0.25) is 4.79 Å². The second kappa shape index (κ2) is 5.45. The molecule has 0 radical (unpaired) electrons. The zero-order valence-corrected chi connectivity index (χ0v) is 15.8. The van der Waals surface area contributed by atoms with Gasteiger partial charge in [-0.2, -0.15) is 0 Å². The number of carbonyl (C=O) groups is 1. The van der Waals surface area contributed by atoms with Crippen molar-refractivity contribution < 1.29 is 4.79 Å². The van der Waals surface area contributed by atoms with E-state index in [0.29, 0.717) is 0 Å². The number of para-hydroxylation sites is 1. The van der Waals surface area contributed by atoms with Crippen LogP contribution < -0.4 is 4.90 Å². The molecule has 0 unspecified atom stereocenters. The van der Waals surface area contributed by atoms with Crippen LogP contribution in [0.15, 0.2) is 77.4 Å². The Bertz CT molecular complexity index is 1070. The number of carbonyl (C=O) groups excluding carboxylic acids is 1.